The lowest BCUT2D eigenvalue weighted by atomic mass is 10.1. The number of carbonyl (C=O) groups excluding carboxylic acids is 1. The molecular formula is C13H16N4OS. The van der Waals surface area contributed by atoms with Crippen molar-refractivity contribution < 1.29 is 4.79 Å². The summed E-state index contributed by atoms with van der Waals surface area (Å²) in [7, 11) is 1.76. The number of ketones is 1. The molecule has 100 valence electrons. The van der Waals surface area contributed by atoms with E-state index in [-0.39, 0.29) is 5.78 Å². The van der Waals surface area contributed by atoms with Crippen LogP contribution in [0, 0.1) is 0 Å². The highest BCUT2D eigenvalue weighted by Crippen LogP contribution is 2.15. The third-order valence-corrected chi connectivity index (χ3v) is 3.74. The fourth-order valence-electron chi connectivity index (χ4n) is 1.70. The lowest BCUT2D eigenvalue weighted by Gasteiger charge is -2.02. The number of benzene rings is 1. The Labute approximate surface area is 116 Å². The van der Waals surface area contributed by atoms with Gasteiger partial charge >= 0.3 is 0 Å². The number of thioether (sulfide) groups is 1. The fraction of sp³-hybridized carbons (Fsp3) is 0.385. The monoisotopic (exact) mass is 276 g/mol. The van der Waals surface area contributed by atoms with Crippen LogP contribution in [0.1, 0.15) is 29.3 Å². The zero-order valence-corrected chi connectivity index (χ0v) is 11.9. The average Bonchev–Trinajstić information content (AvgIpc) is 2.83. The standard InChI is InChI=1S/C13H16N4OS/c1-3-4-10-5-7-11(8-6-10)12(18)9-19-13-14-15-16-17(13)2/h5-8H,3-4,9H2,1-2H3. The van der Waals surface area contributed by atoms with Crippen molar-refractivity contribution in [3.05, 3.63) is 35.4 Å². The third-order valence-electron chi connectivity index (χ3n) is 2.73. The highest BCUT2D eigenvalue weighted by molar-refractivity contribution is 7.99. The summed E-state index contributed by atoms with van der Waals surface area (Å²) < 4.78 is 1.56. The van der Waals surface area contributed by atoms with Gasteiger partial charge in [0, 0.05) is 12.6 Å². The molecule has 0 N–H and O–H groups in total. The summed E-state index contributed by atoms with van der Waals surface area (Å²) in [4.78, 5) is 12.0. The molecule has 1 aromatic carbocycles. The smallest absolute Gasteiger partial charge is 0.209 e. The van der Waals surface area contributed by atoms with E-state index >= 15 is 0 Å². The molecule has 2 rings (SSSR count). The van der Waals surface area contributed by atoms with Gasteiger partial charge in [-0.15, -0.1) is 5.10 Å². The second kappa shape index (κ2) is 6.47. The molecule has 5 nitrogen and oxygen atoms in total. The van der Waals surface area contributed by atoms with Crippen LogP contribution in [-0.2, 0) is 13.5 Å². The number of carbonyl (C=O) groups is 1. The zero-order valence-electron chi connectivity index (χ0n) is 11.0. The van der Waals surface area contributed by atoms with Crippen LogP contribution in [0.3, 0.4) is 0 Å². The minimum atomic E-state index is 0.0936. The molecule has 0 aliphatic carbocycles. The molecule has 0 spiro atoms. The van der Waals surface area contributed by atoms with Crippen molar-refractivity contribution in [2.45, 2.75) is 24.9 Å². The number of nitrogens with zero attached hydrogens (tertiary/aromatic N) is 4. The minimum absolute atomic E-state index is 0.0936. The van der Waals surface area contributed by atoms with E-state index in [1.54, 1.807) is 11.7 Å². The van der Waals surface area contributed by atoms with E-state index in [0.717, 1.165) is 18.4 Å². The summed E-state index contributed by atoms with van der Waals surface area (Å²) >= 11 is 1.35. The van der Waals surface area contributed by atoms with E-state index in [1.165, 1.54) is 17.3 Å². The number of hydrogen-bond acceptors (Lipinski definition) is 5. The predicted molar refractivity (Wildman–Crippen MR) is 74.3 cm³/mol. The highest BCUT2D eigenvalue weighted by Gasteiger charge is 2.09. The van der Waals surface area contributed by atoms with Crippen molar-refractivity contribution in [1.29, 1.82) is 0 Å². The molecule has 0 aliphatic heterocycles. The second-order valence-corrected chi connectivity index (χ2v) is 5.19. The Kier molecular flexibility index (Phi) is 4.68. The van der Waals surface area contributed by atoms with Crippen LogP contribution < -0.4 is 0 Å². The third kappa shape index (κ3) is 3.64. The van der Waals surface area contributed by atoms with Crippen molar-refractivity contribution in [3.63, 3.8) is 0 Å². The van der Waals surface area contributed by atoms with Gasteiger partial charge in [0.2, 0.25) is 5.16 Å². The maximum absolute atomic E-state index is 12.0. The summed E-state index contributed by atoms with van der Waals surface area (Å²) in [5, 5.41) is 11.7. The molecule has 0 amide bonds. The topological polar surface area (TPSA) is 60.7 Å². The van der Waals surface area contributed by atoms with Crippen LogP contribution in [-0.4, -0.2) is 31.7 Å². The molecule has 0 aliphatic rings. The van der Waals surface area contributed by atoms with Crippen LogP contribution in [0.25, 0.3) is 0 Å². The van der Waals surface area contributed by atoms with E-state index in [0.29, 0.717) is 10.9 Å². The van der Waals surface area contributed by atoms with Crippen molar-refractivity contribution >= 4 is 17.5 Å². The maximum Gasteiger partial charge on any atom is 0.209 e. The molecule has 0 bridgehead atoms. The van der Waals surface area contributed by atoms with Gasteiger partial charge in [-0.05, 0) is 22.4 Å². The molecule has 2 aromatic rings. The van der Waals surface area contributed by atoms with Gasteiger partial charge < -0.3 is 0 Å². The lowest BCUT2D eigenvalue weighted by molar-refractivity contribution is 0.102. The van der Waals surface area contributed by atoms with Crippen molar-refractivity contribution in [3.8, 4) is 0 Å². The van der Waals surface area contributed by atoms with Crippen LogP contribution in [0.15, 0.2) is 29.4 Å². The maximum atomic E-state index is 12.0. The minimum Gasteiger partial charge on any atom is -0.293 e. The van der Waals surface area contributed by atoms with Crippen LogP contribution in [0.2, 0.25) is 0 Å². The molecule has 6 heteroatoms. The molecule has 0 unspecified atom stereocenters. The zero-order chi connectivity index (χ0) is 13.7. The van der Waals surface area contributed by atoms with E-state index in [4.69, 9.17) is 0 Å². The van der Waals surface area contributed by atoms with Crippen molar-refractivity contribution in [2.24, 2.45) is 7.05 Å². The van der Waals surface area contributed by atoms with Crippen molar-refractivity contribution in [1.82, 2.24) is 20.2 Å². The van der Waals surface area contributed by atoms with Gasteiger partial charge in [0.15, 0.2) is 5.78 Å². The number of hydrogen-bond donors (Lipinski definition) is 0. The van der Waals surface area contributed by atoms with E-state index in [9.17, 15) is 4.79 Å². The van der Waals surface area contributed by atoms with Gasteiger partial charge in [0.1, 0.15) is 0 Å². The number of tetrazole rings is 1. The highest BCUT2D eigenvalue weighted by atomic mass is 32.2. The van der Waals surface area contributed by atoms with E-state index in [2.05, 4.69) is 22.4 Å². The van der Waals surface area contributed by atoms with Gasteiger partial charge in [0.05, 0.1) is 5.75 Å². The molecule has 1 aromatic heterocycles. The number of rotatable bonds is 6. The van der Waals surface area contributed by atoms with Crippen LogP contribution in [0.5, 0.6) is 0 Å². The van der Waals surface area contributed by atoms with Crippen LogP contribution >= 0.6 is 11.8 Å². The molecule has 0 saturated carbocycles. The number of Topliss-reactive ketones (excluding diaryl/α,β-unsaturated/α-hetero) is 1. The Morgan fingerprint density at radius 2 is 2.05 bits per heavy atom. The molecule has 0 fully saturated rings. The summed E-state index contributed by atoms with van der Waals surface area (Å²) in [6, 6.07) is 7.82. The first kappa shape index (κ1) is 13.7. The Morgan fingerprint density at radius 3 is 2.63 bits per heavy atom. The normalized spacial score (nSPS) is 10.6. The first-order valence-electron chi connectivity index (χ1n) is 6.18. The molecular weight excluding hydrogens is 260 g/mol. The van der Waals surface area contributed by atoms with Gasteiger partial charge in [-0.2, -0.15) is 0 Å². The summed E-state index contributed by atoms with van der Waals surface area (Å²) in [6.45, 7) is 2.14. The quantitative estimate of drug-likeness (QED) is 0.597. The largest absolute Gasteiger partial charge is 0.293 e. The lowest BCUT2D eigenvalue weighted by Crippen LogP contribution is -2.04. The molecule has 0 saturated heterocycles. The van der Waals surface area contributed by atoms with Gasteiger partial charge in [-0.1, -0.05) is 49.4 Å². The Balaban J connectivity index is 1.94. The SMILES string of the molecule is CCCc1ccc(C(=O)CSc2nnnn2C)cc1. The Hall–Kier alpha value is -1.69. The van der Waals surface area contributed by atoms with Crippen molar-refractivity contribution in [2.75, 3.05) is 5.75 Å². The van der Waals surface area contributed by atoms with Crippen LogP contribution in [0.4, 0.5) is 0 Å². The Morgan fingerprint density at radius 1 is 1.32 bits per heavy atom. The molecule has 19 heavy (non-hydrogen) atoms. The molecule has 1 heterocycles. The van der Waals surface area contributed by atoms with Gasteiger partial charge in [-0.25, -0.2) is 4.68 Å². The van der Waals surface area contributed by atoms with E-state index < -0.39 is 0 Å². The summed E-state index contributed by atoms with van der Waals surface area (Å²) in [6.07, 6.45) is 2.16. The van der Waals surface area contributed by atoms with E-state index in [1.807, 2.05) is 24.3 Å². The molecule has 0 atom stereocenters. The Bertz CT molecular complexity index is 550. The predicted octanol–water partition coefficient (Wildman–Crippen LogP) is 2.14. The molecule has 0 radical (unpaired) electrons. The first-order valence-corrected chi connectivity index (χ1v) is 7.16. The summed E-state index contributed by atoms with van der Waals surface area (Å²) in [5.74, 6) is 0.442. The summed E-state index contributed by atoms with van der Waals surface area (Å²) in [5.41, 5.74) is 2.01. The van der Waals surface area contributed by atoms with Gasteiger partial charge in [-0.3, -0.25) is 4.79 Å². The second-order valence-electron chi connectivity index (χ2n) is 4.24. The van der Waals surface area contributed by atoms with Gasteiger partial charge in [0.25, 0.3) is 0 Å². The average molecular weight is 276 g/mol. The fourth-order valence-corrected chi connectivity index (χ4v) is 2.45. The first-order chi connectivity index (χ1) is 9.20. The number of aryl methyl sites for hydroxylation is 2. The number of aromatic nitrogens is 4.